The Morgan fingerprint density at radius 2 is 0.908 bits per heavy atom. The Kier molecular flexibility index (Phi) is 25.5. The molecule has 119 heavy (non-hydrogen) atoms. The number of nitrogens with one attached hydrogen (secondary N) is 2. The monoisotopic (exact) mass is 1760 g/mol. The van der Waals surface area contributed by atoms with Crippen molar-refractivity contribution in [2.24, 2.45) is 0 Å². The lowest BCUT2D eigenvalue weighted by atomic mass is 9.78. The van der Waals surface area contributed by atoms with E-state index < -0.39 is 42.9 Å². The number of hydrogen-bond donors (Lipinski definition) is 2. The van der Waals surface area contributed by atoms with Crippen LogP contribution in [0.15, 0.2) is 141 Å². The van der Waals surface area contributed by atoms with E-state index in [-0.39, 0.29) is 45.8 Å². The zero-order valence-corrected chi connectivity index (χ0v) is 72.1. The number of carbonyl (C=O) groups excluding carboxylic acids is 3. The lowest BCUT2D eigenvalue weighted by Crippen LogP contribution is -2.41. The Balaban J connectivity index is 0.000000126. The second-order valence-electron chi connectivity index (χ2n) is 33.3. The predicted octanol–water partition coefficient (Wildman–Crippen LogP) is 20.4. The highest BCUT2D eigenvalue weighted by atomic mass is 127. The van der Waals surface area contributed by atoms with E-state index >= 15 is 0 Å². The lowest BCUT2D eigenvalue weighted by molar-refractivity contribution is 0.00578. The summed E-state index contributed by atoms with van der Waals surface area (Å²) in [7, 11) is 2.04. The Hall–Kier alpha value is -9.45. The first-order valence-electron chi connectivity index (χ1n) is 40.0. The molecule has 20 nitrogen and oxygen atoms in total. The number of ketones is 2. The summed E-state index contributed by atoms with van der Waals surface area (Å²) < 4.78 is 96.5. The number of halogens is 6. The van der Waals surface area contributed by atoms with Crippen LogP contribution in [0.2, 0.25) is 10.0 Å². The summed E-state index contributed by atoms with van der Waals surface area (Å²) in [4.78, 5) is 49.5. The third-order valence-electron chi connectivity index (χ3n) is 23.3. The molecule has 18 rings (SSSR count). The van der Waals surface area contributed by atoms with E-state index in [0.717, 1.165) is 142 Å². The van der Waals surface area contributed by atoms with Gasteiger partial charge in [-0.1, -0.05) is 53.5 Å². The number of pyridine rings is 3. The molecule has 1 amide bonds. The predicted molar refractivity (Wildman–Crippen MR) is 464 cm³/mol. The summed E-state index contributed by atoms with van der Waals surface area (Å²) >= 11 is 14.8. The minimum absolute atomic E-state index is 0.182. The first-order valence-corrected chi connectivity index (χ1v) is 41.9. The Morgan fingerprint density at radius 3 is 1.36 bits per heavy atom. The normalized spacial score (nSPS) is 17.8. The standard InChI is InChI=1S/C30H26FN3O3.C18H25BN2O3.C18H13ClFNO2.C15H21BFNO3.C10H7ClINO/c1-17(35)19-4-6-23(25(31)13-19)28-14-27-30(37-28)29(24(16-33-27)18-2-3-18)20-5-7-26(21(12-20)15-32)34-22-8-10-36-11-9-22;1-17(2)18(3,4)24-19(23-17)14-5-6-16(13(11-14)12-20)21-15-7-9-22-10-8-15;1-9(22)11-4-5-12(14(20)6-11)16-7-15-18(23-16)17(19)13(8-21-15)10-2-3-10;1-14(2)15(3,4)21-16(20-14)11-8-7-10(9-12(11)17)13(19)18(5)6;11-9-6(5-1-2-5)4-13-7-3-8(12)14-10(7)9/h4-7,12-14,16,18,22,34H,2-3,8-11H2,1H3;5-6,11,15,21H,7-10H2,1-4H3;4-8,10H,2-3H2,1H3;7-9H,1-6H3;3-5H,1-2H2. The van der Waals surface area contributed by atoms with Gasteiger partial charge in [-0.05, 0) is 262 Å². The van der Waals surface area contributed by atoms with Crippen LogP contribution in [-0.4, -0.2) is 127 Å². The van der Waals surface area contributed by atoms with Crippen LogP contribution in [0.1, 0.15) is 210 Å². The fourth-order valence-corrected chi connectivity index (χ4v) is 15.6. The van der Waals surface area contributed by atoms with Gasteiger partial charge in [-0.15, -0.1) is 0 Å². The molecule has 7 aliphatic rings. The number of anilines is 2. The smallest absolute Gasteiger partial charge is 0.454 e. The van der Waals surface area contributed by atoms with Crippen molar-refractivity contribution in [1.29, 1.82) is 10.5 Å². The molecule has 0 unspecified atom stereocenters. The molecular weight excluding hydrogens is 1670 g/mol. The van der Waals surface area contributed by atoms with E-state index in [1.54, 1.807) is 68.8 Å². The zero-order valence-electron chi connectivity index (χ0n) is 68.4. The van der Waals surface area contributed by atoms with Gasteiger partial charge >= 0.3 is 14.2 Å². The van der Waals surface area contributed by atoms with Gasteiger partial charge in [0, 0.05) is 117 Å². The minimum atomic E-state index is -0.765. The topological polar surface area (TPSA) is 260 Å². The van der Waals surface area contributed by atoms with Crippen LogP contribution in [0, 0.1) is 43.9 Å². The molecule has 10 heterocycles. The Labute approximate surface area is 713 Å². The maximum atomic E-state index is 14.9. The molecule has 0 radical (unpaired) electrons. The number of furan rings is 3. The van der Waals surface area contributed by atoms with E-state index in [0.29, 0.717) is 95.8 Å². The van der Waals surface area contributed by atoms with Crippen molar-refractivity contribution in [3.63, 3.8) is 0 Å². The summed E-state index contributed by atoms with van der Waals surface area (Å²) in [5.74, 6) is 0.0174. The molecule has 28 heteroatoms. The maximum Gasteiger partial charge on any atom is 0.497 e. The molecule has 5 aromatic carbocycles. The van der Waals surface area contributed by atoms with Crippen molar-refractivity contribution in [1.82, 2.24) is 19.9 Å². The second-order valence-corrected chi connectivity index (χ2v) is 35.2. The summed E-state index contributed by atoms with van der Waals surface area (Å²) in [6.07, 6.45) is 16.1. The number of nitriles is 2. The van der Waals surface area contributed by atoms with Gasteiger partial charge in [0.25, 0.3) is 5.91 Å². The number of benzene rings is 5. The summed E-state index contributed by atoms with van der Waals surface area (Å²) in [6.45, 7) is 21.5. The van der Waals surface area contributed by atoms with E-state index in [1.807, 2.05) is 110 Å². The molecule has 6 aromatic heterocycles. The molecule has 0 atom stereocenters. The summed E-state index contributed by atoms with van der Waals surface area (Å²) in [5.41, 5.74) is 12.6. The molecule has 616 valence electrons. The minimum Gasteiger partial charge on any atom is -0.454 e. The fraction of sp³-hybridized carbons (Fsp3) is 0.385. The number of ether oxygens (including phenoxy) is 2. The van der Waals surface area contributed by atoms with E-state index in [9.17, 15) is 38.1 Å². The average molecular weight is 1770 g/mol. The van der Waals surface area contributed by atoms with Crippen molar-refractivity contribution in [3.8, 4) is 45.9 Å². The van der Waals surface area contributed by atoms with E-state index in [4.69, 9.17) is 64.5 Å². The van der Waals surface area contributed by atoms with Crippen molar-refractivity contribution >= 4 is 133 Å². The summed E-state index contributed by atoms with van der Waals surface area (Å²) in [5, 5.41) is 27.8. The number of hydrogen-bond acceptors (Lipinski definition) is 19. The lowest BCUT2D eigenvalue weighted by Gasteiger charge is -2.32. The third-order valence-corrected chi connectivity index (χ3v) is 24.6. The number of rotatable bonds is 15. The molecule has 4 saturated heterocycles. The van der Waals surface area contributed by atoms with Crippen molar-refractivity contribution in [3.05, 3.63) is 204 Å². The number of amides is 1. The van der Waals surface area contributed by atoms with Crippen LogP contribution in [0.25, 0.3) is 67.1 Å². The van der Waals surface area contributed by atoms with Gasteiger partial charge in [0.15, 0.2) is 32.1 Å². The van der Waals surface area contributed by atoms with Crippen LogP contribution >= 0.6 is 45.8 Å². The number of nitrogens with zero attached hydrogens (tertiary/aromatic N) is 6. The van der Waals surface area contributed by atoms with Gasteiger partial charge in [0.1, 0.15) is 57.7 Å². The fourth-order valence-electron chi connectivity index (χ4n) is 14.4. The van der Waals surface area contributed by atoms with Crippen LogP contribution in [0.4, 0.5) is 24.5 Å². The van der Waals surface area contributed by atoms with Crippen LogP contribution in [-0.2, 0) is 28.1 Å². The van der Waals surface area contributed by atoms with Crippen molar-refractivity contribution in [2.75, 3.05) is 51.2 Å². The molecule has 2 N–H and O–H groups in total. The molecule has 3 saturated carbocycles. The highest BCUT2D eigenvalue weighted by molar-refractivity contribution is 14.1. The third kappa shape index (κ3) is 19.2. The van der Waals surface area contributed by atoms with Gasteiger partial charge in [0.2, 0.25) is 0 Å². The van der Waals surface area contributed by atoms with Gasteiger partial charge in [0.05, 0.1) is 66.1 Å². The van der Waals surface area contributed by atoms with Crippen LogP contribution in [0.5, 0.6) is 0 Å². The average Bonchev–Trinajstić information content (AvgIpc) is 1.58. The number of aromatic nitrogens is 3. The number of Topliss-reactive ketones (excluding diaryl/α,β-unsaturated/α-hetero) is 2. The zero-order chi connectivity index (χ0) is 84.7. The quantitative estimate of drug-likeness (QED) is 0.0549. The van der Waals surface area contributed by atoms with E-state index in [1.165, 1.54) is 49.8 Å². The van der Waals surface area contributed by atoms with Gasteiger partial charge in [-0.2, -0.15) is 10.5 Å². The molecule has 3 aliphatic carbocycles. The molecule has 0 spiro atoms. The Bertz CT molecular complexity index is 5770. The van der Waals surface area contributed by atoms with E-state index in [2.05, 4.69) is 60.3 Å². The molecular formula is C91H92B2Cl2F3IN8O12. The highest BCUT2D eigenvalue weighted by Crippen LogP contribution is 2.50. The SMILES string of the molecule is CC(=O)c1ccc(-c2cc3ncc(C4CC4)c(-c4ccc(NC5CCOCC5)c(C#N)c4)c3o2)c(F)c1.CC(=O)c1ccc(-c2cc3ncc(C4CC4)c(Cl)c3o2)c(F)c1.CC1(C)OB(c2ccc(NC3CCOCC3)c(C#N)c2)OC1(C)C.CN(C)C(=O)c1ccc(B2OC(C)(C)C(C)(C)O2)c(F)c1.Clc1c(C2CC2)cnc2cc(I)oc12. The Morgan fingerprint density at radius 1 is 0.496 bits per heavy atom. The molecule has 0 bridgehead atoms. The van der Waals surface area contributed by atoms with Crippen molar-refractivity contribution in [2.45, 2.75) is 186 Å². The van der Waals surface area contributed by atoms with Crippen LogP contribution < -0.4 is 21.6 Å². The number of carbonyl (C=O) groups is 3. The molecule has 11 aromatic rings. The first-order chi connectivity index (χ1) is 56.7. The van der Waals surface area contributed by atoms with Gasteiger partial charge in [-0.25, -0.2) is 13.2 Å². The largest absolute Gasteiger partial charge is 0.497 e. The van der Waals surface area contributed by atoms with Crippen LogP contribution in [0.3, 0.4) is 0 Å². The van der Waals surface area contributed by atoms with Gasteiger partial charge < -0.3 is 56.9 Å². The molecule has 7 fully saturated rings. The van der Waals surface area contributed by atoms with Crippen molar-refractivity contribution < 1.29 is 68.9 Å². The second kappa shape index (κ2) is 35.3. The maximum absolute atomic E-state index is 14.9. The number of fused-ring (bicyclic) bond motifs is 3. The van der Waals surface area contributed by atoms with Gasteiger partial charge in [-0.3, -0.25) is 29.3 Å². The highest BCUT2D eigenvalue weighted by Gasteiger charge is 2.53. The first kappa shape index (κ1) is 85.9. The molecule has 4 aliphatic heterocycles. The summed E-state index contributed by atoms with van der Waals surface area (Å²) in [6, 6.07) is 35.3.